The summed E-state index contributed by atoms with van der Waals surface area (Å²) >= 11 is 11.9. The molecule has 0 spiro atoms. The molecule has 3 atom stereocenters. The van der Waals surface area contributed by atoms with Gasteiger partial charge in [-0.15, -0.1) is 0 Å². The second-order valence-corrected chi connectivity index (χ2v) is 8.56. The van der Waals surface area contributed by atoms with Crippen LogP contribution < -0.4 is 15.4 Å². The first-order chi connectivity index (χ1) is 14.8. The minimum atomic E-state index is -0.640. The van der Waals surface area contributed by atoms with Crippen molar-refractivity contribution in [2.45, 2.75) is 31.0 Å². The Hall–Kier alpha value is -2.77. The summed E-state index contributed by atoms with van der Waals surface area (Å²) in [6.45, 7) is 0.274. The van der Waals surface area contributed by atoms with Gasteiger partial charge in [0.05, 0.1) is 7.11 Å². The third-order valence-corrected chi connectivity index (χ3v) is 6.00. The van der Waals surface area contributed by atoms with Crippen LogP contribution in [-0.2, 0) is 16.0 Å². The normalized spacial score (nSPS) is 22.7. The van der Waals surface area contributed by atoms with Gasteiger partial charge in [0.25, 0.3) is 5.91 Å². The van der Waals surface area contributed by atoms with Crippen LogP contribution in [0.4, 0.5) is 0 Å². The number of carbonyl (C=O) groups excluding carboxylic acids is 3. The molecule has 0 unspecified atom stereocenters. The van der Waals surface area contributed by atoms with Gasteiger partial charge >= 0.3 is 0 Å². The lowest BCUT2D eigenvalue weighted by atomic mass is 10.0. The van der Waals surface area contributed by atoms with E-state index in [4.69, 9.17) is 27.9 Å². The maximum Gasteiger partial charge on any atom is 0.251 e. The van der Waals surface area contributed by atoms with E-state index in [2.05, 4.69) is 10.6 Å². The molecule has 0 saturated carbocycles. The van der Waals surface area contributed by atoms with Gasteiger partial charge in [-0.2, -0.15) is 0 Å². The van der Waals surface area contributed by atoms with Crippen molar-refractivity contribution >= 4 is 40.9 Å². The van der Waals surface area contributed by atoms with E-state index in [9.17, 15) is 14.4 Å². The number of rotatable bonds is 5. The van der Waals surface area contributed by atoms with Gasteiger partial charge < -0.3 is 20.3 Å². The molecule has 0 aromatic heterocycles. The summed E-state index contributed by atoms with van der Waals surface area (Å²) < 4.78 is 5.15. The van der Waals surface area contributed by atoms with E-state index < -0.39 is 12.1 Å². The molecule has 2 N–H and O–H groups in total. The third-order valence-electron chi connectivity index (χ3n) is 5.56. The van der Waals surface area contributed by atoms with E-state index in [0.717, 1.165) is 11.3 Å². The average molecular weight is 462 g/mol. The molecule has 2 fully saturated rings. The van der Waals surface area contributed by atoms with Crippen molar-refractivity contribution in [1.29, 1.82) is 0 Å². The monoisotopic (exact) mass is 461 g/mol. The highest BCUT2D eigenvalue weighted by molar-refractivity contribution is 6.35. The van der Waals surface area contributed by atoms with Crippen molar-refractivity contribution < 1.29 is 19.1 Å². The van der Waals surface area contributed by atoms with Crippen molar-refractivity contribution in [3.05, 3.63) is 63.6 Å². The number of fused-ring (bicyclic) bond motifs is 1. The summed E-state index contributed by atoms with van der Waals surface area (Å²) in [5.41, 5.74) is 1.25. The van der Waals surface area contributed by atoms with Crippen LogP contribution in [0.2, 0.25) is 10.0 Å². The SMILES string of the molecule is COc1ccc(C[C@@H]2NC(=O)[C@@H]3C[C@H](NC(=O)c4cc(Cl)cc(Cl)c4)CN3C2=O)cc1. The van der Waals surface area contributed by atoms with Gasteiger partial charge in [0.2, 0.25) is 11.8 Å². The lowest BCUT2D eigenvalue weighted by Gasteiger charge is -2.34. The summed E-state index contributed by atoms with van der Waals surface area (Å²) in [4.78, 5) is 39.8. The zero-order valence-corrected chi connectivity index (χ0v) is 18.2. The molecular weight excluding hydrogens is 441 g/mol. The molecule has 2 aromatic carbocycles. The van der Waals surface area contributed by atoms with Crippen molar-refractivity contribution in [3.8, 4) is 5.75 Å². The fourth-order valence-electron chi connectivity index (χ4n) is 4.05. The van der Waals surface area contributed by atoms with Gasteiger partial charge in [-0.25, -0.2) is 0 Å². The second kappa shape index (κ2) is 8.77. The molecule has 2 aliphatic heterocycles. The predicted octanol–water partition coefficient (Wildman–Crippen LogP) is 2.44. The number of hydrogen-bond acceptors (Lipinski definition) is 4. The Morgan fingerprint density at radius 3 is 2.48 bits per heavy atom. The van der Waals surface area contributed by atoms with Gasteiger partial charge in [0.15, 0.2) is 0 Å². The summed E-state index contributed by atoms with van der Waals surface area (Å²) in [5, 5.41) is 6.42. The standard InChI is InChI=1S/C22H21Cl2N3O4/c1-31-17-4-2-12(3-5-17)6-18-22(30)27-11-16(10-19(27)21(29)26-18)25-20(28)13-7-14(23)9-15(24)8-13/h2-5,7-9,16,18-19H,6,10-11H2,1H3,(H,25,28)(H,26,29)/t16-,18-,19-/m0/s1. The molecule has 0 radical (unpaired) electrons. The van der Waals surface area contributed by atoms with Crippen LogP contribution in [0.3, 0.4) is 0 Å². The van der Waals surface area contributed by atoms with Crippen LogP contribution in [0.25, 0.3) is 0 Å². The molecule has 31 heavy (non-hydrogen) atoms. The van der Waals surface area contributed by atoms with Crippen molar-refractivity contribution in [3.63, 3.8) is 0 Å². The Morgan fingerprint density at radius 2 is 1.84 bits per heavy atom. The molecule has 2 aliphatic rings. The number of ether oxygens (including phenoxy) is 1. The quantitative estimate of drug-likeness (QED) is 0.715. The Morgan fingerprint density at radius 1 is 1.16 bits per heavy atom. The Balaban J connectivity index is 1.42. The maximum absolute atomic E-state index is 13.0. The van der Waals surface area contributed by atoms with E-state index in [1.165, 1.54) is 12.1 Å². The lowest BCUT2D eigenvalue weighted by molar-refractivity contribution is -0.147. The fourth-order valence-corrected chi connectivity index (χ4v) is 4.58. The van der Waals surface area contributed by atoms with Crippen LogP contribution >= 0.6 is 23.2 Å². The summed E-state index contributed by atoms with van der Waals surface area (Å²) in [6, 6.07) is 10.4. The van der Waals surface area contributed by atoms with E-state index in [1.54, 1.807) is 18.1 Å². The van der Waals surface area contributed by atoms with Crippen molar-refractivity contribution in [2.24, 2.45) is 0 Å². The first-order valence-electron chi connectivity index (χ1n) is 9.85. The van der Waals surface area contributed by atoms with Crippen LogP contribution in [0, 0.1) is 0 Å². The fraction of sp³-hybridized carbons (Fsp3) is 0.318. The first kappa shape index (κ1) is 21.5. The zero-order chi connectivity index (χ0) is 22.1. The first-order valence-corrected chi connectivity index (χ1v) is 10.6. The number of benzene rings is 2. The van der Waals surface area contributed by atoms with E-state index in [1.807, 2.05) is 24.3 Å². The van der Waals surface area contributed by atoms with Crippen molar-refractivity contribution in [2.75, 3.05) is 13.7 Å². The molecule has 9 heteroatoms. The number of nitrogens with one attached hydrogen (secondary N) is 2. The highest BCUT2D eigenvalue weighted by Gasteiger charge is 2.46. The van der Waals surface area contributed by atoms with Crippen LogP contribution in [0.15, 0.2) is 42.5 Å². The summed E-state index contributed by atoms with van der Waals surface area (Å²) in [7, 11) is 1.59. The number of amides is 3. The molecule has 2 saturated heterocycles. The van der Waals surface area contributed by atoms with Gasteiger partial charge in [-0.1, -0.05) is 35.3 Å². The van der Waals surface area contributed by atoms with E-state index in [0.29, 0.717) is 28.5 Å². The molecule has 2 heterocycles. The minimum Gasteiger partial charge on any atom is -0.497 e. The van der Waals surface area contributed by atoms with E-state index in [-0.39, 0.29) is 30.3 Å². The third kappa shape index (κ3) is 4.62. The Labute approximate surface area is 189 Å². The summed E-state index contributed by atoms with van der Waals surface area (Å²) in [6.07, 6.45) is 0.739. The smallest absolute Gasteiger partial charge is 0.251 e. The van der Waals surface area contributed by atoms with Gasteiger partial charge in [-0.3, -0.25) is 14.4 Å². The molecular formula is C22H21Cl2N3O4. The van der Waals surface area contributed by atoms with E-state index >= 15 is 0 Å². The largest absolute Gasteiger partial charge is 0.497 e. The molecule has 3 amide bonds. The lowest BCUT2D eigenvalue weighted by Crippen LogP contribution is -2.61. The topological polar surface area (TPSA) is 87.7 Å². The molecule has 7 nitrogen and oxygen atoms in total. The van der Waals surface area contributed by atoms with Gasteiger partial charge in [0, 0.05) is 34.6 Å². The van der Waals surface area contributed by atoms with Crippen LogP contribution in [0.1, 0.15) is 22.3 Å². The Bertz CT molecular complexity index is 1010. The second-order valence-electron chi connectivity index (χ2n) is 7.68. The van der Waals surface area contributed by atoms with Crippen LogP contribution in [-0.4, -0.2) is 54.4 Å². The number of halogens is 2. The molecule has 4 rings (SSSR count). The predicted molar refractivity (Wildman–Crippen MR) is 116 cm³/mol. The zero-order valence-electron chi connectivity index (χ0n) is 16.7. The average Bonchev–Trinajstić information content (AvgIpc) is 3.16. The number of hydrogen-bond donors (Lipinski definition) is 2. The summed E-state index contributed by atoms with van der Waals surface area (Å²) in [5.74, 6) is 0.0162. The molecule has 162 valence electrons. The number of piperazine rings is 1. The molecule has 2 aromatic rings. The number of methoxy groups -OCH3 is 1. The number of carbonyl (C=O) groups is 3. The van der Waals surface area contributed by atoms with Crippen molar-refractivity contribution in [1.82, 2.24) is 15.5 Å². The molecule has 0 aliphatic carbocycles. The highest BCUT2D eigenvalue weighted by atomic mass is 35.5. The van der Waals surface area contributed by atoms with Gasteiger partial charge in [-0.05, 0) is 42.3 Å². The maximum atomic E-state index is 13.0. The number of nitrogens with zero attached hydrogens (tertiary/aromatic N) is 1. The Kier molecular flexibility index (Phi) is 6.07. The highest BCUT2D eigenvalue weighted by Crippen LogP contribution is 2.25. The minimum absolute atomic E-state index is 0.150. The molecule has 0 bridgehead atoms. The van der Waals surface area contributed by atoms with Crippen LogP contribution in [0.5, 0.6) is 5.75 Å². The van der Waals surface area contributed by atoms with Gasteiger partial charge in [0.1, 0.15) is 17.8 Å².